The van der Waals surface area contributed by atoms with Gasteiger partial charge in [0.1, 0.15) is 6.10 Å². The van der Waals surface area contributed by atoms with E-state index in [1.807, 2.05) is 37.3 Å². The molecule has 0 aliphatic heterocycles. The lowest BCUT2D eigenvalue weighted by molar-refractivity contribution is -0.0588. The maximum atomic E-state index is 10.4. The van der Waals surface area contributed by atoms with Crippen molar-refractivity contribution >= 4 is 0 Å². The van der Waals surface area contributed by atoms with E-state index >= 15 is 0 Å². The van der Waals surface area contributed by atoms with Crippen LogP contribution < -0.4 is 0 Å². The Morgan fingerprint density at radius 3 is 2.35 bits per heavy atom. The van der Waals surface area contributed by atoms with Gasteiger partial charge in [0, 0.05) is 6.61 Å². The molecule has 0 aliphatic rings. The minimum atomic E-state index is -0.433. The molecule has 1 aromatic carbocycles. The Morgan fingerprint density at radius 1 is 1.18 bits per heavy atom. The van der Waals surface area contributed by atoms with Crippen molar-refractivity contribution in [3.63, 3.8) is 0 Å². The summed E-state index contributed by atoms with van der Waals surface area (Å²) in [4.78, 5) is 0. The van der Waals surface area contributed by atoms with Crippen LogP contribution >= 0.6 is 0 Å². The van der Waals surface area contributed by atoms with Crippen LogP contribution in [0, 0.1) is 5.92 Å². The maximum Gasteiger partial charge on any atom is 0.109 e. The van der Waals surface area contributed by atoms with Crippen LogP contribution in [0.15, 0.2) is 30.3 Å². The number of hydrogen-bond donors (Lipinski definition) is 1. The Morgan fingerprint density at radius 2 is 1.82 bits per heavy atom. The highest BCUT2D eigenvalue weighted by Crippen LogP contribution is 2.27. The van der Waals surface area contributed by atoms with E-state index in [0.717, 1.165) is 18.4 Å². The second kappa shape index (κ2) is 7.46. The number of hydrogen-bond acceptors (Lipinski definition) is 2. The molecule has 0 spiro atoms. The molecule has 0 fully saturated rings. The third kappa shape index (κ3) is 4.14. The zero-order chi connectivity index (χ0) is 12.7. The molecular weight excluding hydrogens is 212 g/mol. The van der Waals surface area contributed by atoms with E-state index in [1.165, 1.54) is 0 Å². The second-order valence-corrected chi connectivity index (χ2v) is 4.54. The summed E-state index contributed by atoms with van der Waals surface area (Å²) in [6, 6.07) is 9.98. The van der Waals surface area contributed by atoms with E-state index in [2.05, 4.69) is 13.8 Å². The third-order valence-corrected chi connectivity index (χ3v) is 3.11. The maximum absolute atomic E-state index is 10.4. The molecule has 1 N–H and O–H groups in total. The first-order valence-corrected chi connectivity index (χ1v) is 6.55. The van der Waals surface area contributed by atoms with E-state index in [4.69, 9.17) is 4.74 Å². The Balaban J connectivity index is 2.78. The quantitative estimate of drug-likeness (QED) is 0.784. The summed E-state index contributed by atoms with van der Waals surface area (Å²) in [6.07, 6.45) is 1.48. The van der Waals surface area contributed by atoms with Gasteiger partial charge in [-0.25, -0.2) is 0 Å². The summed E-state index contributed by atoms with van der Waals surface area (Å²) in [5.41, 5.74) is 1.06. The number of aliphatic hydroxyl groups excluding tert-OH is 1. The minimum Gasteiger partial charge on any atom is -0.390 e. The van der Waals surface area contributed by atoms with Gasteiger partial charge >= 0.3 is 0 Å². The average Bonchev–Trinajstić information content (AvgIpc) is 2.36. The zero-order valence-electron chi connectivity index (χ0n) is 11.1. The first-order chi connectivity index (χ1) is 8.20. The minimum absolute atomic E-state index is 0.206. The summed E-state index contributed by atoms with van der Waals surface area (Å²) < 4.78 is 5.71. The monoisotopic (exact) mass is 236 g/mol. The molecular formula is C15H24O2. The van der Waals surface area contributed by atoms with Crippen LogP contribution in [0.5, 0.6) is 0 Å². The van der Waals surface area contributed by atoms with Crippen LogP contribution in [0.2, 0.25) is 0 Å². The van der Waals surface area contributed by atoms with Crippen LogP contribution in [0.3, 0.4) is 0 Å². The lowest BCUT2D eigenvalue weighted by atomic mass is 9.91. The molecule has 0 bridgehead atoms. The zero-order valence-corrected chi connectivity index (χ0v) is 11.1. The van der Waals surface area contributed by atoms with Gasteiger partial charge in [-0.2, -0.15) is 0 Å². The Kier molecular flexibility index (Phi) is 6.23. The van der Waals surface area contributed by atoms with Crippen molar-refractivity contribution in [3.8, 4) is 0 Å². The predicted octanol–water partition coefficient (Wildman–Crippen LogP) is 3.56. The number of aliphatic hydroxyl groups is 1. The number of ether oxygens (including phenoxy) is 1. The van der Waals surface area contributed by atoms with Crippen molar-refractivity contribution in [2.45, 2.75) is 45.8 Å². The lowest BCUT2D eigenvalue weighted by Gasteiger charge is -2.27. The molecule has 3 atom stereocenters. The molecule has 0 amide bonds. The van der Waals surface area contributed by atoms with Gasteiger partial charge in [0.2, 0.25) is 0 Å². The molecule has 96 valence electrons. The fourth-order valence-corrected chi connectivity index (χ4v) is 2.14. The van der Waals surface area contributed by atoms with Crippen molar-refractivity contribution < 1.29 is 9.84 Å². The Labute approximate surface area is 105 Å². The van der Waals surface area contributed by atoms with Gasteiger partial charge in [0.05, 0.1) is 6.10 Å². The highest BCUT2D eigenvalue weighted by Gasteiger charge is 2.25. The van der Waals surface area contributed by atoms with E-state index < -0.39 is 6.10 Å². The topological polar surface area (TPSA) is 29.5 Å². The summed E-state index contributed by atoms with van der Waals surface area (Å²) in [5, 5.41) is 10.4. The fourth-order valence-electron chi connectivity index (χ4n) is 2.14. The second-order valence-electron chi connectivity index (χ2n) is 4.54. The molecule has 0 aliphatic carbocycles. The van der Waals surface area contributed by atoms with Gasteiger partial charge < -0.3 is 9.84 Å². The van der Waals surface area contributed by atoms with Crippen LogP contribution in [-0.2, 0) is 4.74 Å². The van der Waals surface area contributed by atoms with Gasteiger partial charge in [-0.3, -0.25) is 0 Å². The molecule has 1 rings (SSSR count). The smallest absolute Gasteiger partial charge is 0.109 e. The fraction of sp³-hybridized carbons (Fsp3) is 0.600. The molecule has 0 heterocycles. The first-order valence-electron chi connectivity index (χ1n) is 6.55. The summed E-state index contributed by atoms with van der Waals surface area (Å²) in [6.45, 7) is 6.81. The summed E-state index contributed by atoms with van der Waals surface area (Å²) >= 11 is 0. The molecule has 0 saturated heterocycles. The number of benzene rings is 1. The van der Waals surface area contributed by atoms with Gasteiger partial charge in [0.25, 0.3) is 0 Å². The van der Waals surface area contributed by atoms with Gasteiger partial charge in [-0.1, -0.05) is 50.6 Å². The van der Waals surface area contributed by atoms with Gasteiger partial charge in [-0.15, -0.1) is 0 Å². The average molecular weight is 236 g/mol. The van der Waals surface area contributed by atoms with Crippen LogP contribution in [0.1, 0.15) is 45.3 Å². The molecule has 0 saturated carbocycles. The molecule has 0 radical (unpaired) electrons. The van der Waals surface area contributed by atoms with E-state index in [1.54, 1.807) is 0 Å². The molecule has 1 aromatic rings. The van der Waals surface area contributed by atoms with Crippen LogP contribution in [-0.4, -0.2) is 17.8 Å². The highest BCUT2D eigenvalue weighted by molar-refractivity contribution is 5.18. The normalized spacial score (nSPS) is 16.5. The van der Waals surface area contributed by atoms with E-state index in [-0.39, 0.29) is 12.0 Å². The van der Waals surface area contributed by atoms with E-state index in [0.29, 0.717) is 6.61 Å². The predicted molar refractivity (Wildman–Crippen MR) is 70.9 cm³/mol. The Bertz CT molecular complexity index is 297. The number of rotatable bonds is 7. The molecule has 17 heavy (non-hydrogen) atoms. The molecule has 3 unspecified atom stereocenters. The first kappa shape index (κ1) is 14.2. The Hall–Kier alpha value is -0.860. The summed E-state index contributed by atoms with van der Waals surface area (Å²) in [5.74, 6) is 0.261. The lowest BCUT2D eigenvalue weighted by Crippen LogP contribution is -2.28. The third-order valence-electron chi connectivity index (χ3n) is 3.11. The molecule has 2 heteroatoms. The van der Waals surface area contributed by atoms with Crippen LogP contribution in [0.4, 0.5) is 0 Å². The standard InChI is InChI=1S/C15H24O2/c1-4-9-12(3)14(16)15(17-5-2)13-10-7-6-8-11-13/h6-8,10-12,14-16H,4-5,9H2,1-3H3. The van der Waals surface area contributed by atoms with Crippen molar-refractivity contribution in [2.24, 2.45) is 5.92 Å². The van der Waals surface area contributed by atoms with Crippen molar-refractivity contribution in [3.05, 3.63) is 35.9 Å². The van der Waals surface area contributed by atoms with Gasteiger partial charge in [0.15, 0.2) is 0 Å². The largest absolute Gasteiger partial charge is 0.390 e. The summed E-state index contributed by atoms with van der Waals surface area (Å²) in [7, 11) is 0. The van der Waals surface area contributed by atoms with Gasteiger partial charge in [-0.05, 0) is 24.8 Å². The van der Waals surface area contributed by atoms with E-state index in [9.17, 15) is 5.11 Å². The molecule has 0 aromatic heterocycles. The van der Waals surface area contributed by atoms with Crippen molar-refractivity contribution in [1.82, 2.24) is 0 Å². The molecule has 2 nitrogen and oxygen atoms in total. The van der Waals surface area contributed by atoms with Crippen LogP contribution in [0.25, 0.3) is 0 Å². The SMILES string of the molecule is CCCC(C)C(O)C(OCC)c1ccccc1. The van der Waals surface area contributed by atoms with Crippen molar-refractivity contribution in [1.29, 1.82) is 0 Å². The highest BCUT2D eigenvalue weighted by atomic mass is 16.5. The van der Waals surface area contributed by atoms with Crippen molar-refractivity contribution in [2.75, 3.05) is 6.61 Å².